The van der Waals surface area contributed by atoms with Crippen molar-refractivity contribution in [1.82, 2.24) is 15.4 Å². The lowest BCUT2D eigenvalue weighted by Crippen LogP contribution is -2.30. The van der Waals surface area contributed by atoms with Crippen molar-refractivity contribution >= 4 is 34.6 Å². The second kappa shape index (κ2) is 8.82. The molecule has 0 saturated heterocycles. The fourth-order valence-corrected chi connectivity index (χ4v) is 2.64. The summed E-state index contributed by atoms with van der Waals surface area (Å²) >= 11 is 0. The zero-order valence-corrected chi connectivity index (χ0v) is 16.4. The quantitative estimate of drug-likeness (QED) is 0.381. The van der Waals surface area contributed by atoms with E-state index in [2.05, 4.69) is 26.1 Å². The summed E-state index contributed by atoms with van der Waals surface area (Å²) in [5.74, 6) is -1.07. The number of nitro benzene ring substituents is 1. The van der Waals surface area contributed by atoms with Crippen molar-refractivity contribution in [2.24, 2.45) is 0 Å². The zero-order chi connectivity index (χ0) is 22.5. The summed E-state index contributed by atoms with van der Waals surface area (Å²) < 4.78 is 0. The lowest BCUT2D eigenvalue weighted by molar-refractivity contribution is -0.384. The predicted molar refractivity (Wildman–Crippen MR) is 112 cm³/mol. The van der Waals surface area contributed by atoms with Crippen LogP contribution in [0.15, 0.2) is 48.8 Å². The van der Waals surface area contributed by atoms with Crippen LogP contribution in [0.2, 0.25) is 0 Å². The Morgan fingerprint density at radius 2 is 1.68 bits per heavy atom. The minimum Gasteiger partial charge on any atom is -0.334 e. The maximum absolute atomic E-state index is 12.3. The van der Waals surface area contributed by atoms with Gasteiger partial charge in [-0.15, -0.1) is 0 Å². The Kier molecular flexibility index (Phi) is 6.00. The number of anilines is 3. The van der Waals surface area contributed by atoms with Crippen molar-refractivity contribution in [3.8, 4) is 0 Å². The van der Waals surface area contributed by atoms with Crippen LogP contribution in [-0.2, 0) is 0 Å². The maximum atomic E-state index is 12.3. The van der Waals surface area contributed by atoms with Gasteiger partial charge in [0.15, 0.2) is 0 Å². The second-order valence-electron chi connectivity index (χ2n) is 6.49. The Labute approximate surface area is 175 Å². The summed E-state index contributed by atoms with van der Waals surface area (Å²) in [6.07, 6.45) is 1.10. The first-order valence-corrected chi connectivity index (χ1v) is 8.90. The van der Waals surface area contributed by atoms with Gasteiger partial charge in [0.25, 0.3) is 11.6 Å². The van der Waals surface area contributed by atoms with Gasteiger partial charge in [0.05, 0.1) is 9.85 Å². The van der Waals surface area contributed by atoms with E-state index in [-0.39, 0.29) is 22.9 Å². The number of nitrogens with zero attached hydrogens (tertiary/aromatic N) is 4. The van der Waals surface area contributed by atoms with Crippen LogP contribution in [0.5, 0.6) is 0 Å². The number of nitrogens with one attached hydrogen (secondary N) is 3. The van der Waals surface area contributed by atoms with Crippen molar-refractivity contribution in [3.63, 3.8) is 0 Å². The largest absolute Gasteiger partial charge is 0.355 e. The topological polar surface area (TPSA) is 165 Å². The number of amides is 1. The van der Waals surface area contributed by atoms with Gasteiger partial charge in [0.2, 0.25) is 11.6 Å². The van der Waals surface area contributed by atoms with E-state index in [0.29, 0.717) is 5.69 Å². The number of nitro groups is 2. The normalized spacial score (nSPS) is 10.3. The molecule has 0 aliphatic heterocycles. The van der Waals surface area contributed by atoms with Gasteiger partial charge >= 0.3 is 5.69 Å². The van der Waals surface area contributed by atoms with E-state index in [0.717, 1.165) is 23.5 Å². The van der Waals surface area contributed by atoms with Crippen LogP contribution >= 0.6 is 0 Å². The first kappa shape index (κ1) is 21.1. The van der Waals surface area contributed by atoms with E-state index in [1.807, 2.05) is 26.0 Å². The highest BCUT2D eigenvalue weighted by atomic mass is 16.6. The van der Waals surface area contributed by atoms with Crippen molar-refractivity contribution in [2.75, 3.05) is 10.7 Å². The third-order valence-corrected chi connectivity index (χ3v) is 4.39. The highest BCUT2D eigenvalue weighted by Gasteiger charge is 2.24. The first-order chi connectivity index (χ1) is 14.8. The average Bonchev–Trinajstić information content (AvgIpc) is 2.74. The molecule has 0 spiro atoms. The molecule has 0 radical (unpaired) electrons. The summed E-state index contributed by atoms with van der Waals surface area (Å²) in [5.41, 5.74) is 6.53. The fraction of sp³-hybridized carbons (Fsp3) is 0.105. The number of benzene rings is 2. The molecule has 0 aliphatic carbocycles. The number of carbonyl (C=O) groups excluding carboxylic acids is 1. The van der Waals surface area contributed by atoms with Crippen LogP contribution in [0, 0.1) is 34.1 Å². The summed E-state index contributed by atoms with van der Waals surface area (Å²) in [6, 6.07) is 10.5. The van der Waals surface area contributed by atoms with Crippen molar-refractivity contribution < 1.29 is 14.6 Å². The van der Waals surface area contributed by atoms with E-state index in [1.165, 1.54) is 18.2 Å². The molecule has 1 amide bonds. The van der Waals surface area contributed by atoms with Crippen LogP contribution < -0.4 is 16.2 Å². The standard InChI is InChI=1S/C19H17N7O5/c1-11-6-7-14(8-12(11)2)22-17-16(26(30)31)18(21-10-20-17)23-24-19(27)13-4-3-5-15(9-13)25(28)29/h3-10H,1-2H3,(H,24,27)(H2,20,21,22,23). The monoisotopic (exact) mass is 423 g/mol. The number of hydrogen-bond donors (Lipinski definition) is 3. The molecule has 0 bridgehead atoms. The smallest absolute Gasteiger partial charge is 0.334 e. The molecule has 0 atom stereocenters. The van der Waals surface area contributed by atoms with Gasteiger partial charge in [-0.1, -0.05) is 12.1 Å². The number of non-ortho nitro benzene ring substituents is 1. The Balaban J connectivity index is 1.83. The second-order valence-corrected chi connectivity index (χ2v) is 6.49. The molecule has 0 fully saturated rings. The van der Waals surface area contributed by atoms with Crippen LogP contribution in [0.1, 0.15) is 21.5 Å². The van der Waals surface area contributed by atoms with E-state index in [9.17, 15) is 25.0 Å². The Bertz CT molecular complexity index is 1180. The molecular weight excluding hydrogens is 406 g/mol. The molecule has 3 N–H and O–H groups in total. The lowest BCUT2D eigenvalue weighted by atomic mass is 10.1. The molecule has 3 aromatic rings. The molecule has 0 saturated carbocycles. The predicted octanol–water partition coefficient (Wildman–Crippen LogP) is 3.41. The van der Waals surface area contributed by atoms with Crippen molar-refractivity contribution in [2.45, 2.75) is 13.8 Å². The number of hydrogen-bond acceptors (Lipinski definition) is 9. The van der Waals surface area contributed by atoms with Gasteiger partial charge in [-0.2, -0.15) is 0 Å². The van der Waals surface area contributed by atoms with Gasteiger partial charge in [-0.3, -0.25) is 35.9 Å². The number of hydrazine groups is 1. The summed E-state index contributed by atoms with van der Waals surface area (Å²) in [6.45, 7) is 3.85. The number of aryl methyl sites for hydroxylation is 2. The zero-order valence-electron chi connectivity index (χ0n) is 16.4. The highest BCUT2D eigenvalue weighted by Crippen LogP contribution is 2.31. The van der Waals surface area contributed by atoms with E-state index in [4.69, 9.17) is 0 Å². The SMILES string of the molecule is Cc1ccc(Nc2ncnc(NNC(=O)c3cccc([N+](=O)[O-])c3)c2[N+](=O)[O-])cc1C. The molecule has 1 heterocycles. The summed E-state index contributed by atoms with van der Waals surface area (Å²) in [5, 5.41) is 25.4. The molecule has 2 aromatic carbocycles. The highest BCUT2D eigenvalue weighted by molar-refractivity contribution is 5.95. The molecule has 12 nitrogen and oxygen atoms in total. The number of carbonyl (C=O) groups is 1. The summed E-state index contributed by atoms with van der Waals surface area (Å²) in [7, 11) is 0. The van der Waals surface area contributed by atoms with Crippen molar-refractivity contribution in [3.05, 3.63) is 85.7 Å². The Morgan fingerprint density at radius 1 is 0.935 bits per heavy atom. The van der Waals surface area contributed by atoms with Crippen LogP contribution in [0.3, 0.4) is 0 Å². The molecule has 1 aromatic heterocycles. The first-order valence-electron chi connectivity index (χ1n) is 8.90. The Hall–Kier alpha value is -4.61. The maximum Gasteiger partial charge on any atom is 0.355 e. The van der Waals surface area contributed by atoms with E-state index in [1.54, 1.807) is 6.07 Å². The molecule has 158 valence electrons. The lowest BCUT2D eigenvalue weighted by Gasteiger charge is -2.11. The summed E-state index contributed by atoms with van der Waals surface area (Å²) in [4.78, 5) is 41.2. The van der Waals surface area contributed by atoms with E-state index < -0.39 is 21.4 Å². The number of aromatic nitrogens is 2. The molecule has 0 unspecified atom stereocenters. The third kappa shape index (κ3) is 4.87. The Morgan fingerprint density at radius 3 is 2.35 bits per heavy atom. The fourth-order valence-electron chi connectivity index (χ4n) is 2.64. The van der Waals surface area contributed by atoms with Gasteiger partial charge in [0, 0.05) is 23.4 Å². The third-order valence-electron chi connectivity index (χ3n) is 4.39. The molecule has 12 heteroatoms. The van der Waals surface area contributed by atoms with Gasteiger partial charge in [-0.05, 0) is 43.2 Å². The molecular formula is C19H17N7O5. The van der Waals surface area contributed by atoms with Crippen LogP contribution in [0.25, 0.3) is 0 Å². The van der Waals surface area contributed by atoms with Crippen LogP contribution in [-0.4, -0.2) is 25.7 Å². The molecule has 31 heavy (non-hydrogen) atoms. The van der Waals surface area contributed by atoms with Crippen molar-refractivity contribution in [1.29, 1.82) is 0 Å². The average molecular weight is 423 g/mol. The minimum atomic E-state index is -0.736. The minimum absolute atomic E-state index is 0.00751. The van der Waals surface area contributed by atoms with Crippen LogP contribution in [0.4, 0.5) is 28.7 Å². The number of rotatable bonds is 7. The van der Waals surface area contributed by atoms with E-state index >= 15 is 0 Å². The van der Waals surface area contributed by atoms with Gasteiger partial charge < -0.3 is 5.32 Å². The van der Waals surface area contributed by atoms with Gasteiger partial charge in [0.1, 0.15) is 6.33 Å². The molecule has 3 rings (SSSR count). The van der Waals surface area contributed by atoms with Gasteiger partial charge in [-0.25, -0.2) is 9.97 Å². The molecule has 0 aliphatic rings.